The Kier molecular flexibility index (Phi) is 7.25. The molecule has 0 saturated carbocycles. The first-order valence-corrected chi connectivity index (χ1v) is 14.0. The molecule has 3 aromatic rings. The number of nitrogens with zero attached hydrogens (tertiary/aromatic N) is 3. The fourth-order valence-electron chi connectivity index (χ4n) is 6.08. The van der Waals surface area contributed by atoms with Gasteiger partial charge in [0.05, 0.1) is 11.8 Å². The molecule has 2 aromatic carbocycles. The van der Waals surface area contributed by atoms with Crippen LogP contribution in [-0.4, -0.2) is 56.4 Å². The Bertz CT molecular complexity index is 1690. The Hall–Kier alpha value is -4.58. The monoisotopic (exact) mass is 592 g/mol. The number of aliphatic hydroxyl groups is 1. The summed E-state index contributed by atoms with van der Waals surface area (Å²) < 4.78 is 35.1. The Labute approximate surface area is 245 Å². The van der Waals surface area contributed by atoms with Crippen molar-refractivity contribution >= 4 is 17.5 Å². The number of hydrogen-bond acceptors (Lipinski definition) is 7. The van der Waals surface area contributed by atoms with Gasteiger partial charge in [-0.05, 0) is 38.3 Å². The average Bonchev–Trinajstić information content (AvgIpc) is 3.20. The quantitative estimate of drug-likeness (QED) is 0.453. The van der Waals surface area contributed by atoms with E-state index in [9.17, 15) is 28.3 Å². The lowest BCUT2D eigenvalue weighted by Crippen LogP contribution is -2.56. The van der Waals surface area contributed by atoms with Gasteiger partial charge in [-0.25, -0.2) is 8.78 Å². The summed E-state index contributed by atoms with van der Waals surface area (Å²) >= 11 is 0. The van der Waals surface area contributed by atoms with E-state index < -0.39 is 46.6 Å². The van der Waals surface area contributed by atoms with Crippen molar-refractivity contribution in [3.05, 3.63) is 99.0 Å². The fraction of sp³-hybridized carbons (Fsp3) is 0.355. The Morgan fingerprint density at radius 2 is 1.98 bits per heavy atom. The first-order valence-electron chi connectivity index (χ1n) is 14.0. The second-order valence-corrected chi connectivity index (χ2v) is 11.2. The maximum Gasteiger partial charge on any atom is 0.274 e. The molecule has 3 aliphatic heterocycles. The molecular formula is C31H30F2N4O6. The maximum atomic E-state index is 14.3. The minimum absolute atomic E-state index is 0.0194. The lowest BCUT2D eigenvalue weighted by Gasteiger charge is -2.43. The van der Waals surface area contributed by atoms with Gasteiger partial charge in [-0.2, -0.15) is 0 Å². The summed E-state index contributed by atoms with van der Waals surface area (Å²) in [5, 5.41) is 17.9. The number of pyridine rings is 1. The number of carbonyl (C=O) groups is 2. The molecule has 10 nitrogen and oxygen atoms in total. The van der Waals surface area contributed by atoms with E-state index >= 15 is 0 Å². The molecular weight excluding hydrogens is 562 g/mol. The number of ether oxygens (including phenoxy) is 1. The highest BCUT2D eigenvalue weighted by Gasteiger charge is 2.58. The molecule has 1 fully saturated rings. The van der Waals surface area contributed by atoms with Gasteiger partial charge in [-0.15, -0.1) is 0 Å². The minimum Gasteiger partial charge on any atom is -0.483 e. The van der Waals surface area contributed by atoms with Crippen LogP contribution in [0, 0.1) is 11.6 Å². The van der Waals surface area contributed by atoms with Gasteiger partial charge in [-0.1, -0.05) is 41.6 Å². The van der Waals surface area contributed by atoms with Crippen LogP contribution in [-0.2, 0) is 18.0 Å². The predicted molar refractivity (Wildman–Crippen MR) is 151 cm³/mol. The number of oxime groups is 1. The number of nitrogens with one attached hydrogen (secondary N) is 1. The van der Waals surface area contributed by atoms with E-state index in [0.717, 1.165) is 11.6 Å². The van der Waals surface area contributed by atoms with Gasteiger partial charge in [0.1, 0.15) is 29.9 Å². The molecule has 1 aromatic heterocycles. The molecule has 224 valence electrons. The van der Waals surface area contributed by atoms with E-state index in [1.165, 1.54) is 16.8 Å². The summed E-state index contributed by atoms with van der Waals surface area (Å²) in [4.78, 5) is 48.9. The summed E-state index contributed by atoms with van der Waals surface area (Å²) in [7, 11) is 0. The van der Waals surface area contributed by atoms with Crippen LogP contribution in [0.2, 0.25) is 0 Å². The van der Waals surface area contributed by atoms with Crippen LogP contribution in [0.4, 0.5) is 8.78 Å². The molecule has 6 rings (SSSR count). The van der Waals surface area contributed by atoms with E-state index in [-0.39, 0.29) is 48.3 Å². The van der Waals surface area contributed by atoms with Gasteiger partial charge in [0.2, 0.25) is 5.43 Å². The first kappa shape index (κ1) is 28.5. The minimum atomic E-state index is -1.26. The molecule has 0 aliphatic carbocycles. The van der Waals surface area contributed by atoms with Crippen LogP contribution in [0.25, 0.3) is 0 Å². The van der Waals surface area contributed by atoms with Crippen molar-refractivity contribution in [3.8, 4) is 5.75 Å². The maximum absolute atomic E-state index is 14.3. The third-order valence-electron chi connectivity index (χ3n) is 8.55. The second kappa shape index (κ2) is 10.9. The summed E-state index contributed by atoms with van der Waals surface area (Å²) in [6.45, 7) is 3.29. The average molecular weight is 593 g/mol. The molecule has 0 radical (unpaired) electrons. The van der Waals surface area contributed by atoms with Crippen molar-refractivity contribution in [2.24, 2.45) is 5.16 Å². The molecule has 3 aliphatic rings. The van der Waals surface area contributed by atoms with E-state index in [0.29, 0.717) is 24.6 Å². The summed E-state index contributed by atoms with van der Waals surface area (Å²) in [6.07, 6.45) is 1.02. The molecule has 2 unspecified atom stereocenters. The summed E-state index contributed by atoms with van der Waals surface area (Å²) in [6, 6.07) is 11.0. The Morgan fingerprint density at radius 3 is 2.67 bits per heavy atom. The number of fused-ring (bicyclic) bond motifs is 5. The van der Waals surface area contributed by atoms with Gasteiger partial charge in [0.15, 0.2) is 17.0 Å². The second-order valence-electron chi connectivity index (χ2n) is 11.2. The molecule has 4 atom stereocenters. The van der Waals surface area contributed by atoms with Gasteiger partial charge in [0.25, 0.3) is 11.8 Å². The van der Waals surface area contributed by atoms with E-state index in [4.69, 9.17) is 9.57 Å². The first-order chi connectivity index (χ1) is 20.6. The van der Waals surface area contributed by atoms with Crippen molar-refractivity contribution in [3.63, 3.8) is 0 Å². The lowest BCUT2D eigenvalue weighted by molar-refractivity contribution is -0.114. The number of halogens is 2. The van der Waals surface area contributed by atoms with Crippen molar-refractivity contribution in [1.29, 1.82) is 0 Å². The molecule has 12 heteroatoms. The van der Waals surface area contributed by atoms with Crippen LogP contribution in [0.5, 0.6) is 5.75 Å². The van der Waals surface area contributed by atoms with Crippen LogP contribution < -0.4 is 15.5 Å². The zero-order chi connectivity index (χ0) is 30.5. The lowest BCUT2D eigenvalue weighted by atomic mass is 9.82. The van der Waals surface area contributed by atoms with Crippen LogP contribution >= 0.6 is 0 Å². The smallest absolute Gasteiger partial charge is 0.274 e. The molecule has 43 heavy (non-hydrogen) atoms. The fourth-order valence-corrected chi connectivity index (χ4v) is 6.08. The number of benzene rings is 2. The van der Waals surface area contributed by atoms with Gasteiger partial charge in [0, 0.05) is 37.0 Å². The number of aromatic nitrogens is 1. The number of amides is 2. The highest BCUT2D eigenvalue weighted by Crippen LogP contribution is 2.46. The highest BCUT2D eigenvalue weighted by molar-refractivity contribution is 5.99. The standard InChI is InChI=1S/C31H30F2N4O6/c1-17-10-11-31(28(39)18(2)35-43-31)24-15-36(17)30(41)25-27(42-16-19-6-4-3-5-7-19)26(38)22(14-37(24)25)29(40)34-13-20-8-9-21(32)12-23(20)33/h3-9,12,14,17,24,28,39H,10-11,13,15-16H2,1-2H3,(H,34,40)/t17-,24?,28?,31-/m0/s1. The molecule has 4 heterocycles. The third-order valence-corrected chi connectivity index (χ3v) is 8.55. The van der Waals surface area contributed by atoms with E-state index in [1.54, 1.807) is 36.1 Å². The van der Waals surface area contributed by atoms with Gasteiger partial charge >= 0.3 is 0 Å². The zero-order valence-electron chi connectivity index (χ0n) is 23.5. The summed E-state index contributed by atoms with van der Waals surface area (Å²) in [5.74, 6) is -3.23. The number of hydrogen-bond donors (Lipinski definition) is 2. The topological polar surface area (TPSA) is 122 Å². The molecule has 2 amide bonds. The molecule has 1 saturated heterocycles. The highest BCUT2D eigenvalue weighted by atomic mass is 19.1. The zero-order valence-corrected chi connectivity index (χ0v) is 23.5. The van der Waals surface area contributed by atoms with Crippen LogP contribution in [0.15, 0.2) is 64.7 Å². The van der Waals surface area contributed by atoms with Crippen LogP contribution in [0.3, 0.4) is 0 Å². The summed E-state index contributed by atoms with van der Waals surface area (Å²) in [5.41, 5.74) is -1.38. The molecule has 2 bridgehead atoms. The normalized spacial score (nSPS) is 24.2. The number of carbonyl (C=O) groups excluding carboxylic acids is 2. The number of rotatable bonds is 6. The van der Waals surface area contributed by atoms with Gasteiger partial charge in [-0.3, -0.25) is 14.4 Å². The Balaban J connectivity index is 1.47. The van der Waals surface area contributed by atoms with Crippen molar-refractivity contribution in [2.75, 3.05) is 6.54 Å². The molecule has 1 spiro atoms. The van der Waals surface area contributed by atoms with Crippen LogP contribution in [0.1, 0.15) is 64.7 Å². The largest absolute Gasteiger partial charge is 0.483 e. The van der Waals surface area contributed by atoms with Gasteiger partial charge < -0.3 is 29.5 Å². The SMILES string of the molecule is CC1=NO[C@]2(CC[C@H](C)N3CC2n2cc(C(=O)NCc4ccc(F)cc4F)c(=O)c(OCc4ccccc4)c2C3=O)C1O. The van der Waals surface area contributed by atoms with Crippen molar-refractivity contribution < 1.29 is 33.1 Å². The predicted octanol–water partition coefficient (Wildman–Crippen LogP) is 3.32. The van der Waals surface area contributed by atoms with E-state index in [1.807, 2.05) is 13.0 Å². The van der Waals surface area contributed by atoms with E-state index in [2.05, 4.69) is 10.5 Å². The van der Waals surface area contributed by atoms with Crippen molar-refractivity contribution in [2.45, 2.75) is 63.6 Å². The third kappa shape index (κ3) is 4.85. The molecule has 2 N–H and O–H groups in total. The number of aliphatic hydroxyl groups excluding tert-OH is 1. The van der Waals surface area contributed by atoms with Crippen molar-refractivity contribution in [1.82, 2.24) is 14.8 Å². The Morgan fingerprint density at radius 1 is 1.21 bits per heavy atom.